The minimum Gasteiger partial charge on any atom is -0.381 e. The monoisotopic (exact) mass is 146 g/mol. The van der Waals surface area contributed by atoms with Crippen molar-refractivity contribution in [1.82, 2.24) is 0 Å². The van der Waals surface area contributed by atoms with E-state index in [4.69, 9.17) is 16.3 Å². The SMILES string of the molecule is C=C(CCl)C1CCOC1. The second kappa shape index (κ2) is 3.23. The summed E-state index contributed by atoms with van der Waals surface area (Å²) in [5.74, 6) is 1.11. The van der Waals surface area contributed by atoms with Crippen LogP contribution < -0.4 is 0 Å². The van der Waals surface area contributed by atoms with E-state index < -0.39 is 0 Å². The van der Waals surface area contributed by atoms with Gasteiger partial charge in [0.05, 0.1) is 6.61 Å². The van der Waals surface area contributed by atoms with Gasteiger partial charge in [0.2, 0.25) is 0 Å². The molecule has 0 N–H and O–H groups in total. The molecule has 1 aliphatic heterocycles. The summed E-state index contributed by atoms with van der Waals surface area (Å²) in [5, 5.41) is 0. The van der Waals surface area contributed by atoms with Gasteiger partial charge in [-0.15, -0.1) is 11.6 Å². The fourth-order valence-corrected chi connectivity index (χ4v) is 1.18. The van der Waals surface area contributed by atoms with Crippen LogP contribution in [0.5, 0.6) is 0 Å². The summed E-state index contributed by atoms with van der Waals surface area (Å²) >= 11 is 5.58. The average Bonchev–Trinajstić information content (AvgIpc) is 2.37. The largest absolute Gasteiger partial charge is 0.381 e. The van der Waals surface area contributed by atoms with E-state index in [-0.39, 0.29) is 0 Å². The van der Waals surface area contributed by atoms with Gasteiger partial charge in [-0.05, 0) is 6.42 Å². The molecule has 1 heterocycles. The first-order valence-corrected chi connectivity index (χ1v) is 3.69. The lowest BCUT2D eigenvalue weighted by molar-refractivity contribution is 0.190. The first-order valence-electron chi connectivity index (χ1n) is 3.16. The normalized spacial score (nSPS) is 26.6. The molecule has 0 radical (unpaired) electrons. The fourth-order valence-electron chi connectivity index (χ4n) is 0.966. The molecule has 52 valence electrons. The number of hydrogen-bond donors (Lipinski definition) is 0. The third kappa shape index (κ3) is 1.70. The number of rotatable bonds is 2. The molecule has 0 aliphatic carbocycles. The molecule has 0 bridgehead atoms. The standard InChI is InChI=1S/C7H11ClO/c1-6(4-8)7-2-3-9-5-7/h7H,1-5H2. The summed E-state index contributed by atoms with van der Waals surface area (Å²) in [4.78, 5) is 0. The lowest BCUT2D eigenvalue weighted by atomic mass is 10.0. The van der Waals surface area contributed by atoms with E-state index >= 15 is 0 Å². The van der Waals surface area contributed by atoms with E-state index in [0.29, 0.717) is 11.8 Å². The van der Waals surface area contributed by atoms with E-state index in [1.807, 2.05) is 0 Å². The molecule has 1 unspecified atom stereocenters. The number of ether oxygens (including phenoxy) is 1. The summed E-state index contributed by atoms with van der Waals surface area (Å²) in [6.07, 6.45) is 1.10. The zero-order chi connectivity index (χ0) is 6.69. The first-order chi connectivity index (χ1) is 4.34. The highest BCUT2D eigenvalue weighted by atomic mass is 35.5. The van der Waals surface area contributed by atoms with Gasteiger partial charge in [0, 0.05) is 18.4 Å². The second-order valence-electron chi connectivity index (χ2n) is 2.35. The van der Waals surface area contributed by atoms with Crippen molar-refractivity contribution in [3.05, 3.63) is 12.2 Å². The molecule has 0 aromatic carbocycles. The Hall–Kier alpha value is -0.0100. The highest BCUT2D eigenvalue weighted by Gasteiger charge is 2.17. The summed E-state index contributed by atoms with van der Waals surface area (Å²) in [6.45, 7) is 5.54. The number of alkyl halides is 1. The third-order valence-electron chi connectivity index (χ3n) is 1.68. The van der Waals surface area contributed by atoms with Gasteiger partial charge in [-0.3, -0.25) is 0 Å². The quantitative estimate of drug-likeness (QED) is 0.427. The number of hydrogen-bond acceptors (Lipinski definition) is 1. The Kier molecular flexibility index (Phi) is 2.55. The van der Waals surface area contributed by atoms with E-state index in [1.54, 1.807) is 0 Å². The molecular weight excluding hydrogens is 136 g/mol. The van der Waals surface area contributed by atoms with E-state index in [2.05, 4.69) is 6.58 Å². The lowest BCUT2D eigenvalue weighted by Crippen LogP contribution is -2.02. The summed E-state index contributed by atoms with van der Waals surface area (Å²) in [5.41, 5.74) is 1.12. The molecular formula is C7H11ClO. The third-order valence-corrected chi connectivity index (χ3v) is 2.02. The Morgan fingerprint density at radius 2 is 2.56 bits per heavy atom. The molecule has 1 nitrogen and oxygen atoms in total. The maximum absolute atomic E-state index is 5.58. The van der Waals surface area contributed by atoms with Crippen molar-refractivity contribution in [2.45, 2.75) is 6.42 Å². The zero-order valence-corrected chi connectivity index (χ0v) is 6.16. The van der Waals surface area contributed by atoms with Crippen molar-refractivity contribution in [1.29, 1.82) is 0 Å². The Balaban J connectivity index is 2.32. The van der Waals surface area contributed by atoms with Gasteiger partial charge in [0.15, 0.2) is 0 Å². The lowest BCUT2D eigenvalue weighted by Gasteiger charge is -2.06. The van der Waals surface area contributed by atoms with Crippen LogP contribution in [0, 0.1) is 5.92 Å². The van der Waals surface area contributed by atoms with Crippen LogP contribution in [0.25, 0.3) is 0 Å². The second-order valence-corrected chi connectivity index (χ2v) is 2.62. The Labute approximate surface area is 60.7 Å². The van der Waals surface area contributed by atoms with Crippen LogP contribution in [0.1, 0.15) is 6.42 Å². The van der Waals surface area contributed by atoms with Crippen LogP contribution in [0.3, 0.4) is 0 Å². The summed E-state index contributed by atoms with van der Waals surface area (Å²) in [7, 11) is 0. The average molecular weight is 147 g/mol. The van der Waals surface area contributed by atoms with Crippen LogP contribution in [0.4, 0.5) is 0 Å². The van der Waals surface area contributed by atoms with Gasteiger partial charge in [0.25, 0.3) is 0 Å². The fraction of sp³-hybridized carbons (Fsp3) is 0.714. The van der Waals surface area contributed by atoms with Crippen molar-refractivity contribution in [2.75, 3.05) is 19.1 Å². The zero-order valence-electron chi connectivity index (χ0n) is 5.40. The van der Waals surface area contributed by atoms with Crippen molar-refractivity contribution in [3.8, 4) is 0 Å². The van der Waals surface area contributed by atoms with E-state index in [9.17, 15) is 0 Å². The molecule has 0 amide bonds. The van der Waals surface area contributed by atoms with Crippen molar-refractivity contribution >= 4 is 11.6 Å². The molecule has 0 spiro atoms. The topological polar surface area (TPSA) is 9.23 Å². The Bertz CT molecular complexity index is 105. The molecule has 2 heteroatoms. The Morgan fingerprint density at radius 1 is 1.78 bits per heavy atom. The molecule has 1 saturated heterocycles. The van der Waals surface area contributed by atoms with Gasteiger partial charge < -0.3 is 4.74 Å². The molecule has 1 fully saturated rings. The van der Waals surface area contributed by atoms with Crippen LogP contribution in [0.2, 0.25) is 0 Å². The molecule has 0 aromatic heterocycles. The van der Waals surface area contributed by atoms with Gasteiger partial charge in [0.1, 0.15) is 0 Å². The predicted molar refractivity (Wildman–Crippen MR) is 38.8 cm³/mol. The minimum atomic E-state index is 0.530. The van der Waals surface area contributed by atoms with Crippen molar-refractivity contribution in [3.63, 3.8) is 0 Å². The molecule has 0 saturated carbocycles. The van der Waals surface area contributed by atoms with Crippen molar-refractivity contribution < 1.29 is 4.74 Å². The van der Waals surface area contributed by atoms with Crippen LogP contribution >= 0.6 is 11.6 Å². The Morgan fingerprint density at radius 3 is 3.00 bits per heavy atom. The van der Waals surface area contributed by atoms with Crippen LogP contribution in [-0.4, -0.2) is 19.1 Å². The minimum absolute atomic E-state index is 0.530. The predicted octanol–water partition coefficient (Wildman–Crippen LogP) is 1.82. The van der Waals surface area contributed by atoms with E-state index in [0.717, 1.165) is 25.2 Å². The highest BCUT2D eigenvalue weighted by molar-refractivity contribution is 6.19. The summed E-state index contributed by atoms with van der Waals surface area (Å²) < 4.78 is 5.16. The number of halogens is 1. The maximum Gasteiger partial charge on any atom is 0.0532 e. The molecule has 0 aromatic rings. The molecule has 9 heavy (non-hydrogen) atoms. The van der Waals surface area contributed by atoms with Gasteiger partial charge >= 0.3 is 0 Å². The van der Waals surface area contributed by atoms with Gasteiger partial charge in [-0.1, -0.05) is 12.2 Å². The maximum atomic E-state index is 5.58. The van der Waals surface area contributed by atoms with Gasteiger partial charge in [-0.25, -0.2) is 0 Å². The first kappa shape index (κ1) is 7.10. The van der Waals surface area contributed by atoms with Gasteiger partial charge in [-0.2, -0.15) is 0 Å². The molecule has 1 atom stereocenters. The van der Waals surface area contributed by atoms with Crippen molar-refractivity contribution in [2.24, 2.45) is 5.92 Å². The van der Waals surface area contributed by atoms with E-state index in [1.165, 1.54) is 0 Å². The van der Waals surface area contributed by atoms with Crippen LogP contribution in [0.15, 0.2) is 12.2 Å². The smallest absolute Gasteiger partial charge is 0.0532 e. The highest BCUT2D eigenvalue weighted by Crippen LogP contribution is 2.20. The molecule has 1 aliphatic rings. The summed E-state index contributed by atoms with van der Waals surface area (Å²) in [6, 6.07) is 0. The van der Waals surface area contributed by atoms with Crippen LogP contribution in [-0.2, 0) is 4.74 Å². The molecule has 1 rings (SSSR count).